The number of phenols is 2. The fraction of sp³-hybridized carbons (Fsp3) is 0.105. The van der Waals surface area contributed by atoms with E-state index in [1.807, 2.05) is 125 Å². The fourth-order valence-corrected chi connectivity index (χ4v) is 5.71. The number of aryl methyl sites for hydroxylation is 4. The number of benzene rings is 6. The highest BCUT2D eigenvalue weighted by Gasteiger charge is 2.21. The van der Waals surface area contributed by atoms with Crippen molar-refractivity contribution in [1.29, 1.82) is 0 Å². The Hall–Kier alpha value is -5.22. The monoisotopic (exact) mass is 548 g/mol. The van der Waals surface area contributed by atoms with Crippen LogP contribution < -0.4 is 0 Å². The summed E-state index contributed by atoms with van der Waals surface area (Å²) in [5, 5.41) is 27.3. The molecule has 0 unspecified atom stereocenters. The standard InChI is InChI=1S/C38H32N2O2/c1-23-11-9-12-24(2)35(23)39-21-29-19-27-15-5-7-17-31(27)33(37(29)41)34-32-18-8-6-16-28(32)20-30(38(34)42)22-40-36-25(3)13-10-14-26(36)4/h5-22,41-42H,1-4H3. The minimum atomic E-state index is 0.0629. The molecule has 0 atom stereocenters. The summed E-state index contributed by atoms with van der Waals surface area (Å²) in [5.74, 6) is 0.126. The van der Waals surface area contributed by atoms with Crippen LogP contribution in [0.15, 0.2) is 107 Å². The lowest BCUT2D eigenvalue weighted by Gasteiger charge is -2.17. The lowest BCUT2D eigenvalue weighted by atomic mass is 9.89. The molecule has 0 saturated heterocycles. The number of rotatable bonds is 5. The first-order valence-electron chi connectivity index (χ1n) is 14.0. The van der Waals surface area contributed by atoms with Crippen LogP contribution in [0.3, 0.4) is 0 Å². The van der Waals surface area contributed by atoms with Crippen molar-refractivity contribution in [2.75, 3.05) is 0 Å². The van der Waals surface area contributed by atoms with Crippen molar-refractivity contribution in [3.63, 3.8) is 0 Å². The molecule has 0 aromatic heterocycles. The first-order valence-corrected chi connectivity index (χ1v) is 14.0. The molecule has 0 saturated carbocycles. The SMILES string of the molecule is Cc1cccc(C)c1N=Cc1cc2ccccc2c(-c2c(O)c(C=Nc3c(C)cccc3C)cc3ccccc23)c1O. The minimum absolute atomic E-state index is 0.0629. The van der Waals surface area contributed by atoms with E-state index in [1.165, 1.54) is 0 Å². The first kappa shape index (κ1) is 27.0. The summed E-state index contributed by atoms with van der Waals surface area (Å²) in [6.45, 7) is 8.12. The van der Waals surface area contributed by atoms with Crippen molar-refractivity contribution < 1.29 is 10.2 Å². The quantitative estimate of drug-likeness (QED) is 0.211. The summed E-state index contributed by atoms with van der Waals surface area (Å²) in [6.07, 6.45) is 3.43. The number of aliphatic imine (C=N–C) groups is 2. The van der Waals surface area contributed by atoms with Gasteiger partial charge in [-0.15, -0.1) is 0 Å². The smallest absolute Gasteiger partial charge is 0.132 e. The van der Waals surface area contributed by atoms with E-state index in [-0.39, 0.29) is 11.5 Å². The zero-order valence-electron chi connectivity index (χ0n) is 24.2. The van der Waals surface area contributed by atoms with Crippen LogP contribution in [0.1, 0.15) is 33.4 Å². The Balaban J connectivity index is 1.61. The van der Waals surface area contributed by atoms with Gasteiger partial charge < -0.3 is 10.2 Å². The Morgan fingerprint density at radius 3 is 1.21 bits per heavy atom. The van der Waals surface area contributed by atoms with Gasteiger partial charge in [-0.1, -0.05) is 84.9 Å². The van der Waals surface area contributed by atoms with Crippen molar-refractivity contribution >= 4 is 45.3 Å². The topological polar surface area (TPSA) is 65.2 Å². The van der Waals surface area contributed by atoms with Crippen LogP contribution in [0, 0.1) is 27.7 Å². The maximum Gasteiger partial charge on any atom is 0.132 e. The van der Waals surface area contributed by atoms with E-state index in [0.29, 0.717) is 22.3 Å². The van der Waals surface area contributed by atoms with Gasteiger partial charge in [0.25, 0.3) is 0 Å². The summed E-state index contributed by atoms with van der Waals surface area (Å²) >= 11 is 0. The minimum Gasteiger partial charge on any atom is -0.507 e. The van der Waals surface area contributed by atoms with Crippen LogP contribution in [-0.4, -0.2) is 22.6 Å². The van der Waals surface area contributed by atoms with E-state index in [4.69, 9.17) is 9.98 Å². The molecule has 2 N–H and O–H groups in total. The number of phenolic OH excluding ortho intramolecular Hbond substituents is 2. The number of nitrogens with zero attached hydrogens (tertiary/aromatic N) is 2. The van der Waals surface area contributed by atoms with Gasteiger partial charge in [0.15, 0.2) is 0 Å². The molecule has 4 heteroatoms. The predicted octanol–water partition coefficient (Wildman–Crippen LogP) is 9.81. The van der Waals surface area contributed by atoms with Gasteiger partial charge in [-0.3, -0.25) is 9.98 Å². The number of aromatic hydroxyl groups is 2. The van der Waals surface area contributed by atoms with Gasteiger partial charge in [-0.25, -0.2) is 0 Å². The number of fused-ring (bicyclic) bond motifs is 2. The summed E-state index contributed by atoms with van der Waals surface area (Å²) in [5.41, 5.74) is 8.28. The summed E-state index contributed by atoms with van der Waals surface area (Å²) < 4.78 is 0. The van der Waals surface area contributed by atoms with Crippen LogP contribution in [0.4, 0.5) is 11.4 Å². The second-order valence-electron chi connectivity index (χ2n) is 10.8. The Morgan fingerprint density at radius 2 is 0.833 bits per heavy atom. The number of hydrogen-bond acceptors (Lipinski definition) is 4. The molecule has 0 spiro atoms. The molecule has 6 aromatic carbocycles. The maximum atomic E-state index is 11.9. The van der Waals surface area contributed by atoms with E-state index in [1.54, 1.807) is 12.4 Å². The number of hydrogen-bond donors (Lipinski definition) is 2. The molecule has 206 valence electrons. The summed E-state index contributed by atoms with van der Waals surface area (Å²) in [4.78, 5) is 9.58. The highest BCUT2D eigenvalue weighted by molar-refractivity contribution is 6.14. The van der Waals surface area contributed by atoms with Gasteiger partial charge >= 0.3 is 0 Å². The van der Waals surface area contributed by atoms with E-state index in [0.717, 1.165) is 55.2 Å². The van der Waals surface area contributed by atoms with Crippen LogP contribution in [0.25, 0.3) is 32.7 Å². The van der Waals surface area contributed by atoms with Crippen LogP contribution in [0.2, 0.25) is 0 Å². The van der Waals surface area contributed by atoms with Crippen molar-refractivity contribution in [3.8, 4) is 22.6 Å². The van der Waals surface area contributed by atoms with Crippen LogP contribution in [-0.2, 0) is 0 Å². The van der Waals surface area contributed by atoms with Crippen LogP contribution >= 0.6 is 0 Å². The third kappa shape index (κ3) is 4.82. The van der Waals surface area contributed by atoms with E-state index < -0.39 is 0 Å². The Labute approximate surface area is 246 Å². The average molecular weight is 549 g/mol. The van der Waals surface area contributed by atoms with Crippen molar-refractivity contribution in [2.45, 2.75) is 27.7 Å². The predicted molar refractivity (Wildman–Crippen MR) is 177 cm³/mol. The maximum absolute atomic E-state index is 11.9. The summed E-state index contributed by atoms with van der Waals surface area (Å²) in [7, 11) is 0. The fourth-order valence-electron chi connectivity index (χ4n) is 5.71. The summed E-state index contributed by atoms with van der Waals surface area (Å²) in [6, 6.07) is 31.8. The molecule has 0 aliphatic rings. The van der Waals surface area contributed by atoms with Crippen molar-refractivity contribution in [2.24, 2.45) is 9.98 Å². The molecule has 0 bridgehead atoms. The Bertz CT molecular complexity index is 1860. The zero-order chi connectivity index (χ0) is 29.4. The molecule has 42 heavy (non-hydrogen) atoms. The third-order valence-electron chi connectivity index (χ3n) is 7.90. The average Bonchev–Trinajstić information content (AvgIpc) is 2.98. The van der Waals surface area contributed by atoms with E-state index in [9.17, 15) is 10.2 Å². The Morgan fingerprint density at radius 1 is 0.476 bits per heavy atom. The molecule has 0 aliphatic carbocycles. The largest absolute Gasteiger partial charge is 0.507 e. The van der Waals surface area contributed by atoms with Gasteiger partial charge in [0.2, 0.25) is 0 Å². The number of para-hydroxylation sites is 2. The zero-order valence-corrected chi connectivity index (χ0v) is 24.2. The molecule has 0 aliphatic heterocycles. The van der Waals surface area contributed by atoms with E-state index in [2.05, 4.69) is 0 Å². The van der Waals surface area contributed by atoms with Crippen LogP contribution in [0.5, 0.6) is 11.5 Å². The second kappa shape index (κ2) is 11.0. The highest BCUT2D eigenvalue weighted by Crippen LogP contribution is 2.47. The molecular formula is C38H32N2O2. The normalized spacial score (nSPS) is 11.8. The molecular weight excluding hydrogens is 516 g/mol. The Kier molecular flexibility index (Phi) is 7.05. The molecule has 6 aromatic rings. The third-order valence-corrected chi connectivity index (χ3v) is 7.90. The van der Waals surface area contributed by atoms with Gasteiger partial charge in [0.1, 0.15) is 11.5 Å². The van der Waals surface area contributed by atoms with Crippen molar-refractivity contribution in [1.82, 2.24) is 0 Å². The lowest BCUT2D eigenvalue weighted by Crippen LogP contribution is -1.94. The van der Waals surface area contributed by atoms with Gasteiger partial charge in [-0.05, 0) is 83.6 Å². The van der Waals surface area contributed by atoms with Crippen molar-refractivity contribution in [3.05, 3.63) is 130 Å². The molecule has 0 heterocycles. The molecule has 6 rings (SSSR count). The molecule has 0 radical (unpaired) electrons. The van der Waals surface area contributed by atoms with Gasteiger partial charge in [0.05, 0.1) is 11.4 Å². The van der Waals surface area contributed by atoms with Gasteiger partial charge in [-0.2, -0.15) is 0 Å². The molecule has 0 amide bonds. The molecule has 0 fully saturated rings. The van der Waals surface area contributed by atoms with Gasteiger partial charge in [0, 0.05) is 34.7 Å². The second-order valence-corrected chi connectivity index (χ2v) is 10.8. The molecule has 4 nitrogen and oxygen atoms in total. The first-order chi connectivity index (χ1) is 20.3. The lowest BCUT2D eigenvalue weighted by molar-refractivity contribution is 0.469. The van der Waals surface area contributed by atoms with E-state index >= 15 is 0 Å². The highest BCUT2D eigenvalue weighted by atomic mass is 16.3.